The third-order valence-corrected chi connectivity index (χ3v) is 7.41. The number of carbonyl (C=O) groups is 1. The first-order valence-corrected chi connectivity index (χ1v) is 11.1. The van der Waals surface area contributed by atoms with Crippen LogP contribution in [0, 0.1) is 11.6 Å². The number of carbonyl (C=O) groups excluding carboxylic acids is 1. The van der Waals surface area contributed by atoms with Crippen molar-refractivity contribution in [2.24, 2.45) is 0 Å². The zero-order valence-electron chi connectivity index (χ0n) is 16.5. The first-order valence-electron chi connectivity index (χ1n) is 10.3. The molecule has 0 fully saturated rings. The maximum atomic E-state index is 14.1. The minimum absolute atomic E-state index is 0.136. The molecule has 2 heterocycles. The standard InChI is InChI=1S/C24H22F2N2OS/c25-16-10-11-19(26)20(14-16)27-24(29)28-13-12-18-17-8-4-5-9-21(17)30-23(18)22(28)15-6-2-1-3-7-15/h1-3,6-7,10-11,14,22H,4-5,8-9,12-13H2,(H,27,29). The number of hydrogen-bond acceptors (Lipinski definition) is 2. The van der Waals surface area contributed by atoms with Gasteiger partial charge in [-0.1, -0.05) is 30.3 Å². The first kappa shape index (κ1) is 19.2. The fourth-order valence-electron chi connectivity index (χ4n) is 4.62. The van der Waals surface area contributed by atoms with Crippen molar-refractivity contribution in [3.8, 4) is 0 Å². The van der Waals surface area contributed by atoms with E-state index >= 15 is 0 Å². The van der Waals surface area contributed by atoms with Gasteiger partial charge in [0.2, 0.25) is 0 Å². The number of fused-ring (bicyclic) bond motifs is 3. The zero-order valence-corrected chi connectivity index (χ0v) is 17.3. The molecule has 3 nitrogen and oxygen atoms in total. The van der Waals surface area contributed by atoms with Gasteiger partial charge in [-0.15, -0.1) is 11.3 Å². The van der Waals surface area contributed by atoms with Crippen molar-refractivity contribution in [2.45, 2.75) is 38.1 Å². The fraction of sp³-hybridized carbons (Fsp3) is 0.292. The van der Waals surface area contributed by atoms with E-state index in [0.29, 0.717) is 6.54 Å². The summed E-state index contributed by atoms with van der Waals surface area (Å²) in [5, 5.41) is 2.59. The van der Waals surface area contributed by atoms with Gasteiger partial charge in [0.25, 0.3) is 0 Å². The van der Waals surface area contributed by atoms with Gasteiger partial charge in [-0.25, -0.2) is 13.6 Å². The van der Waals surface area contributed by atoms with Crippen molar-refractivity contribution in [3.05, 3.63) is 86.6 Å². The summed E-state index contributed by atoms with van der Waals surface area (Å²) in [5.41, 5.74) is 3.78. The second-order valence-electron chi connectivity index (χ2n) is 7.86. The number of anilines is 1. The number of thiophene rings is 1. The van der Waals surface area contributed by atoms with Crippen molar-refractivity contribution in [3.63, 3.8) is 0 Å². The number of hydrogen-bond donors (Lipinski definition) is 1. The summed E-state index contributed by atoms with van der Waals surface area (Å²) in [7, 11) is 0. The molecule has 6 heteroatoms. The highest BCUT2D eigenvalue weighted by atomic mass is 32.1. The highest BCUT2D eigenvalue weighted by Crippen LogP contribution is 2.45. The first-order chi connectivity index (χ1) is 14.6. The van der Waals surface area contributed by atoms with Crippen LogP contribution in [0.5, 0.6) is 0 Å². The number of amides is 2. The maximum Gasteiger partial charge on any atom is 0.322 e. The Bertz CT molecular complexity index is 1100. The molecule has 1 aliphatic heterocycles. The quantitative estimate of drug-likeness (QED) is 0.531. The average molecular weight is 425 g/mol. The van der Waals surface area contributed by atoms with E-state index in [4.69, 9.17) is 0 Å². The minimum atomic E-state index is -0.648. The molecule has 1 atom stereocenters. The Morgan fingerprint density at radius 2 is 1.80 bits per heavy atom. The Labute approximate surface area is 178 Å². The Balaban J connectivity index is 1.53. The normalized spacial score (nSPS) is 17.9. The molecule has 0 bridgehead atoms. The Morgan fingerprint density at radius 3 is 2.63 bits per heavy atom. The Morgan fingerprint density at radius 1 is 1.00 bits per heavy atom. The third-order valence-electron chi connectivity index (χ3n) is 6.02. The van der Waals surface area contributed by atoms with Gasteiger partial charge in [-0.05, 0) is 60.9 Å². The van der Waals surface area contributed by atoms with Crippen molar-refractivity contribution < 1.29 is 13.6 Å². The van der Waals surface area contributed by atoms with Crippen LogP contribution in [0.25, 0.3) is 0 Å². The minimum Gasteiger partial charge on any atom is -0.312 e. The van der Waals surface area contributed by atoms with Gasteiger partial charge >= 0.3 is 6.03 Å². The van der Waals surface area contributed by atoms with E-state index in [9.17, 15) is 13.6 Å². The van der Waals surface area contributed by atoms with Crippen LogP contribution in [0.3, 0.4) is 0 Å². The molecule has 5 rings (SSSR count). The number of aryl methyl sites for hydroxylation is 1. The molecule has 1 N–H and O–H groups in total. The van der Waals surface area contributed by atoms with Gasteiger partial charge in [0.1, 0.15) is 11.6 Å². The van der Waals surface area contributed by atoms with Crippen LogP contribution in [-0.4, -0.2) is 17.5 Å². The summed E-state index contributed by atoms with van der Waals surface area (Å²) in [4.78, 5) is 17.6. The van der Waals surface area contributed by atoms with Crippen LogP contribution in [0.1, 0.15) is 45.3 Å². The molecule has 1 aliphatic carbocycles. The second-order valence-corrected chi connectivity index (χ2v) is 9.00. The maximum absolute atomic E-state index is 14.1. The number of nitrogens with one attached hydrogen (secondary N) is 1. The molecule has 0 saturated heterocycles. The van der Waals surface area contributed by atoms with E-state index in [0.717, 1.165) is 43.0 Å². The van der Waals surface area contributed by atoms with Gasteiger partial charge < -0.3 is 10.2 Å². The van der Waals surface area contributed by atoms with Crippen molar-refractivity contribution in [2.75, 3.05) is 11.9 Å². The molecule has 2 aromatic carbocycles. The summed E-state index contributed by atoms with van der Waals surface area (Å²) < 4.78 is 27.7. The molecule has 0 radical (unpaired) electrons. The summed E-state index contributed by atoms with van der Waals surface area (Å²) in [5.74, 6) is -1.23. The summed E-state index contributed by atoms with van der Waals surface area (Å²) in [6, 6.07) is 12.4. The number of nitrogens with zero attached hydrogens (tertiary/aromatic N) is 1. The lowest BCUT2D eigenvalue weighted by atomic mass is 9.88. The Kier molecular flexibility index (Phi) is 5.03. The van der Waals surface area contributed by atoms with Crippen LogP contribution in [0.2, 0.25) is 0 Å². The van der Waals surface area contributed by atoms with Crippen molar-refractivity contribution in [1.29, 1.82) is 0 Å². The smallest absolute Gasteiger partial charge is 0.312 e. The zero-order chi connectivity index (χ0) is 20.7. The largest absolute Gasteiger partial charge is 0.322 e. The van der Waals surface area contributed by atoms with Gasteiger partial charge in [0, 0.05) is 22.4 Å². The van der Waals surface area contributed by atoms with E-state index in [1.54, 1.807) is 4.90 Å². The molecule has 1 unspecified atom stereocenters. The summed E-state index contributed by atoms with van der Waals surface area (Å²) in [6.07, 6.45) is 5.45. The lowest BCUT2D eigenvalue weighted by Gasteiger charge is -2.36. The summed E-state index contributed by atoms with van der Waals surface area (Å²) in [6.45, 7) is 0.540. The van der Waals surface area contributed by atoms with E-state index in [1.807, 2.05) is 41.7 Å². The van der Waals surface area contributed by atoms with E-state index in [-0.39, 0.29) is 11.7 Å². The predicted molar refractivity (Wildman–Crippen MR) is 115 cm³/mol. The molecule has 3 aromatic rings. The van der Waals surface area contributed by atoms with Crippen LogP contribution >= 0.6 is 11.3 Å². The fourth-order valence-corrected chi connectivity index (χ4v) is 6.20. The molecule has 2 aliphatic rings. The van der Waals surface area contributed by atoms with E-state index in [2.05, 4.69) is 5.32 Å². The summed E-state index contributed by atoms with van der Waals surface area (Å²) >= 11 is 1.82. The molecule has 2 amide bonds. The SMILES string of the molecule is O=C(Nc1cc(F)ccc1F)N1CCc2c(sc3c2CCCC3)C1c1ccccc1. The third kappa shape index (κ3) is 3.39. The van der Waals surface area contributed by atoms with E-state index in [1.165, 1.54) is 33.7 Å². The highest BCUT2D eigenvalue weighted by Gasteiger charge is 2.36. The van der Waals surface area contributed by atoms with Gasteiger partial charge in [-0.3, -0.25) is 0 Å². The van der Waals surface area contributed by atoms with Gasteiger partial charge in [0.15, 0.2) is 0 Å². The van der Waals surface area contributed by atoms with Crippen molar-refractivity contribution in [1.82, 2.24) is 4.90 Å². The van der Waals surface area contributed by atoms with Crippen LogP contribution in [0.15, 0.2) is 48.5 Å². The predicted octanol–water partition coefficient (Wildman–Crippen LogP) is 6.08. The van der Waals surface area contributed by atoms with Gasteiger partial charge in [0.05, 0.1) is 11.7 Å². The number of urea groups is 1. The van der Waals surface area contributed by atoms with E-state index < -0.39 is 17.7 Å². The van der Waals surface area contributed by atoms with Crippen LogP contribution < -0.4 is 5.32 Å². The molecular formula is C24H22F2N2OS. The van der Waals surface area contributed by atoms with Crippen LogP contribution in [0.4, 0.5) is 19.3 Å². The molecule has 1 aromatic heterocycles. The Hall–Kier alpha value is -2.73. The molecule has 30 heavy (non-hydrogen) atoms. The molecular weight excluding hydrogens is 402 g/mol. The molecule has 0 spiro atoms. The molecule has 154 valence electrons. The van der Waals surface area contributed by atoms with Gasteiger partial charge in [-0.2, -0.15) is 0 Å². The highest BCUT2D eigenvalue weighted by molar-refractivity contribution is 7.12. The number of benzene rings is 2. The molecule has 0 saturated carbocycles. The van der Waals surface area contributed by atoms with Crippen LogP contribution in [-0.2, 0) is 19.3 Å². The number of rotatable bonds is 2. The monoisotopic (exact) mass is 424 g/mol. The van der Waals surface area contributed by atoms with Crippen molar-refractivity contribution >= 4 is 23.1 Å². The number of halogens is 2. The second kappa shape index (κ2) is 7.84. The lowest BCUT2D eigenvalue weighted by Crippen LogP contribution is -2.42. The topological polar surface area (TPSA) is 32.3 Å². The average Bonchev–Trinajstić information content (AvgIpc) is 3.15. The lowest BCUT2D eigenvalue weighted by molar-refractivity contribution is 0.195.